The summed E-state index contributed by atoms with van der Waals surface area (Å²) < 4.78 is 36.3. The van der Waals surface area contributed by atoms with Crippen LogP contribution in [0.5, 0.6) is 0 Å². The number of aromatic nitrogens is 4. The predicted octanol–water partition coefficient (Wildman–Crippen LogP) is 2.23. The molecule has 2 aromatic heterocycles. The fourth-order valence-electron chi connectivity index (χ4n) is 4.18. The topological polar surface area (TPSA) is 95.4 Å². The summed E-state index contributed by atoms with van der Waals surface area (Å²) in [6.45, 7) is 6.26. The fraction of sp³-hybridized carbons (Fsp3) is 0.500. The van der Waals surface area contributed by atoms with Gasteiger partial charge in [0.1, 0.15) is 15.9 Å². The maximum absolute atomic E-state index is 13.2. The highest BCUT2D eigenvalue weighted by Crippen LogP contribution is 2.26. The molecule has 2 aliphatic heterocycles. The summed E-state index contributed by atoms with van der Waals surface area (Å²) in [6.07, 6.45) is 2.37. The van der Waals surface area contributed by atoms with Crippen molar-refractivity contribution < 1.29 is 8.42 Å². The van der Waals surface area contributed by atoms with Crippen molar-refractivity contribution in [1.82, 2.24) is 23.2 Å². The Kier molecular flexibility index (Phi) is 5.49. The van der Waals surface area contributed by atoms with Crippen molar-refractivity contribution in [2.75, 3.05) is 49.1 Å². The van der Waals surface area contributed by atoms with E-state index in [9.17, 15) is 8.42 Å². The molecule has 1 aromatic carbocycles. The Morgan fingerprint density at radius 1 is 0.871 bits per heavy atom. The van der Waals surface area contributed by atoms with Gasteiger partial charge in [-0.15, -0.1) is 10.2 Å². The lowest BCUT2D eigenvalue weighted by molar-refractivity contribution is 0.383. The molecule has 0 unspecified atom stereocenters. The third-order valence-electron chi connectivity index (χ3n) is 6.17. The zero-order valence-corrected chi connectivity index (χ0v) is 19.0. The van der Waals surface area contributed by atoms with Crippen molar-refractivity contribution in [3.8, 4) is 0 Å². The van der Waals surface area contributed by atoms with Crippen LogP contribution >= 0.6 is 11.7 Å². The van der Waals surface area contributed by atoms with Gasteiger partial charge in [0.05, 0.1) is 11.7 Å². The first-order valence-corrected chi connectivity index (χ1v) is 12.7. The van der Waals surface area contributed by atoms with Crippen LogP contribution in [0.4, 0.5) is 11.6 Å². The van der Waals surface area contributed by atoms with Crippen LogP contribution in [0, 0.1) is 5.92 Å². The minimum absolute atomic E-state index is 0.229. The Labute approximate surface area is 186 Å². The maximum atomic E-state index is 13.2. The lowest BCUT2D eigenvalue weighted by Crippen LogP contribution is -2.49. The number of piperidine rings is 1. The van der Waals surface area contributed by atoms with Crippen LogP contribution in [0.25, 0.3) is 11.0 Å². The van der Waals surface area contributed by atoms with Gasteiger partial charge in [0.2, 0.25) is 10.0 Å². The lowest BCUT2D eigenvalue weighted by atomic mass is 9.99. The molecular formula is C20H25N7O2S2. The van der Waals surface area contributed by atoms with E-state index in [1.54, 1.807) is 18.2 Å². The molecular weight excluding hydrogens is 434 g/mol. The van der Waals surface area contributed by atoms with E-state index in [4.69, 9.17) is 0 Å². The van der Waals surface area contributed by atoms with Crippen LogP contribution in [0.3, 0.4) is 0 Å². The van der Waals surface area contributed by atoms with Crippen LogP contribution in [0.1, 0.15) is 19.8 Å². The molecule has 0 N–H and O–H groups in total. The third kappa shape index (κ3) is 3.97. The number of benzene rings is 1. The highest BCUT2D eigenvalue weighted by atomic mass is 32.2. The molecule has 0 bridgehead atoms. The van der Waals surface area contributed by atoms with E-state index in [1.807, 2.05) is 12.1 Å². The first kappa shape index (κ1) is 20.5. The molecule has 0 radical (unpaired) electrons. The highest BCUT2D eigenvalue weighted by molar-refractivity contribution is 7.89. The quantitative estimate of drug-likeness (QED) is 0.586. The van der Waals surface area contributed by atoms with Gasteiger partial charge in [0.25, 0.3) is 0 Å². The largest absolute Gasteiger partial charge is 0.355 e. The predicted molar refractivity (Wildman–Crippen MR) is 121 cm³/mol. The van der Waals surface area contributed by atoms with Crippen molar-refractivity contribution >= 4 is 44.4 Å². The summed E-state index contributed by atoms with van der Waals surface area (Å²) >= 11 is 1.03. The summed E-state index contributed by atoms with van der Waals surface area (Å²) in [6, 6.07) is 9.12. The van der Waals surface area contributed by atoms with Gasteiger partial charge >= 0.3 is 0 Å². The molecule has 0 aliphatic carbocycles. The second-order valence-electron chi connectivity index (χ2n) is 8.20. The Morgan fingerprint density at radius 3 is 2.16 bits per heavy atom. The summed E-state index contributed by atoms with van der Waals surface area (Å²) in [4.78, 5) is 4.61. The van der Waals surface area contributed by atoms with Gasteiger partial charge in [0, 0.05) is 39.3 Å². The molecule has 9 nitrogen and oxygen atoms in total. The zero-order valence-electron chi connectivity index (χ0n) is 17.4. The molecule has 2 fully saturated rings. The number of anilines is 2. The molecule has 164 valence electrons. The molecule has 2 aliphatic rings. The van der Waals surface area contributed by atoms with Crippen LogP contribution < -0.4 is 9.80 Å². The van der Waals surface area contributed by atoms with Gasteiger partial charge in [-0.1, -0.05) is 13.0 Å². The third-order valence-corrected chi connectivity index (χ3v) is 8.65. The van der Waals surface area contributed by atoms with Crippen molar-refractivity contribution in [3.63, 3.8) is 0 Å². The van der Waals surface area contributed by atoms with Gasteiger partial charge in [0.15, 0.2) is 11.6 Å². The lowest BCUT2D eigenvalue weighted by Gasteiger charge is -2.35. The van der Waals surface area contributed by atoms with Gasteiger partial charge in [-0.2, -0.15) is 13.1 Å². The number of hydrogen-bond acceptors (Lipinski definition) is 9. The van der Waals surface area contributed by atoms with Gasteiger partial charge < -0.3 is 9.80 Å². The van der Waals surface area contributed by atoms with E-state index in [2.05, 4.69) is 35.7 Å². The van der Waals surface area contributed by atoms with E-state index < -0.39 is 10.0 Å². The monoisotopic (exact) mass is 459 g/mol. The number of fused-ring (bicyclic) bond motifs is 1. The number of sulfonamides is 1. The molecule has 5 rings (SSSR count). The van der Waals surface area contributed by atoms with E-state index in [1.165, 1.54) is 17.1 Å². The molecule has 11 heteroatoms. The standard InChI is InChI=1S/C20H25N7O2S2/c1-15-7-9-25(10-8-15)18-5-6-19(22-21-18)26-11-13-27(14-12-26)31(28,29)17-4-2-3-16-20(17)24-30-23-16/h2-6,15H,7-14H2,1H3. The van der Waals surface area contributed by atoms with E-state index in [0.717, 1.165) is 42.4 Å². The SMILES string of the molecule is CC1CCN(c2ccc(N3CCN(S(=O)(=O)c4cccc5nsnc45)CC3)nn2)CC1. The number of nitrogens with zero attached hydrogens (tertiary/aromatic N) is 7. The first-order valence-electron chi connectivity index (χ1n) is 10.6. The molecule has 3 aromatic rings. The van der Waals surface area contributed by atoms with E-state index in [-0.39, 0.29) is 4.90 Å². The Balaban J connectivity index is 1.25. The maximum Gasteiger partial charge on any atom is 0.245 e. The summed E-state index contributed by atoms with van der Waals surface area (Å²) in [5, 5.41) is 8.86. The van der Waals surface area contributed by atoms with Gasteiger partial charge in [-0.05, 0) is 43.0 Å². The van der Waals surface area contributed by atoms with Crippen molar-refractivity contribution in [3.05, 3.63) is 30.3 Å². The minimum atomic E-state index is -3.62. The van der Waals surface area contributed by atoms with Crippen LogP contribution in [0.15, 0.2) is 35.2 Å². The van der Waals surface area contributed by atoms with Crippen molar-refractivity contribution in [2.45, 2.75) is 24.7 Å². The molecule has 31 heavy (non-hydrogen) atoms. The summed E-state index contributed by atoms with van der Waals surface area (Å²) in [5.41, 5.74) is 1.06. The molecule has 0 amide bonds. The Morgan fingerprint density at radius 2 is 1.52 bits per heavy atom. The summed E-state index contributed by atoms with van der Waals surface area (Å²) in [5.74, 6) is 2.48. The van der Waals surface area contributed by atoms with Crippen LogP contribution in [0.2, 0.25) is 0 Å². The van der Waals surface area contributed by atoms with Crippen LogP contribution in [-0.4, -0.2) is 70.9 Å². The van der Waals surface area contributed by atoms with E-state index in [0.29, 0.717) is 37.2 Å². The number of piperazine rings is 1. The smallest absolute Gasteiger partial charge is 0.245 e. The van der Waals surface area contributed by atoms with Gasteiger partial charge in [-0.3, -0.25) is 0 Å². The first-order chi connectivity index (χ1) is 15.0. The van der Waals surface area contributed by atoms with Gasteiger partial charge in [-0.25, -0.2) is 8.42 Å². The molecule has 2 saturated heterocycles. The second kappa shape index (κ2) is 8.29. The zero-order chi connectivity index (χ0) is 21.4. The average Bonchev–Trinajstić information content (AvgIpc) is 3.29. The number of hydrogen-bond donors (Lipinski definition) is 0. The molecule has 4 heterocycles. The molecule has 0 saturated carbocycles. The highest BCUT2D eigenvalue weighted by Gasteiger charge is 2.31. The normalized spacial score (nSPS) is 19.3. The second-order valence-corrected chi connectivity index (χ2v) is 10.6. The van der Waals surface area contributed by atoms with Crippen LogP contribution in [-0.2, 0) is 10.0 Å². The minimum Gasteiger partial charge on any atom is -0.355 e. The molecule has 0 spiro atoms. The van der Waals surface area contributed by atoms with Crippen molar-refractivity contribution in [1.29, 1.82) is 0 Å². The Bertz CT molecular complexity index is 1150. The van der Waals surface area contributed by atoms with Crippen molar-refractivity contribution in [2.24, 2.45) is 5.92 Å². The average molecular weight is 460 g/mol. The van der Waals surface area contributed by atoms with E-state index >= 15 is 0 Å². The number of rotatable bonds is 4. The fourth-order valence-corrected chi connectivity index (χ4v) is 6.35. The Hall–Kier alpha value is -2.37. The molecule has 0 atom stereocenters. The summed E-state index contributed by atoms with van der Waals surface area (Å²) in [7, 11) is -3.62.